The molecular formula is C10H16O2. The van der Waals surface area contributed by atoms with Crippen molar-refractivity contribution >= 4 is 5.97 Å². The van der Waals surface area contributed by atoms with Crippen LogP contribution < -0.4 is 0 Å². The minimum Gasteiger partial charge on any atom is -0.458 e. The van der Waals surface area contributed by atoms with Crippen molar-refractivity contribution in [3.05, 3.63) is 12.2 Å². The van der Waals surface area contributed by atoms with E-state index in [9.17, 15) is 4.79 Å². The van der Waals surface area contributed by atoms with Crippen molar-refractivity contribution in [3.8, 4) is 0 Å². The Morgan fingerprint density at radius 3 is 2.75 bits per heavy atom. The van der Waals surface area contributed by atoms with Gasteiger partial charge in [-0.2, -0.15) is 0 Å². The number of ether oxygens (including phenoxy) is 1. The molecule has 1 aliphatic rings. The van der Waals surface area contributed by atoms with Crippen LogP contribution in [-0.2, 0) is 9.53 Å². The van der Waals surface area contributed by atoms with Gasteiger partial charge in [0.15, 0.2) is 0 Å². The van der Waals surface area contributed by atoms with E-state index < -0.39 is 11.5 Å². The Bertz CT molecular complexity index is 240. The summed E-state index contributed by atoms with van der Waals surface area (Å²) in [5, 5.41) is 0. The van der Waals surface area contributed by atoms with Crippen LogP contribution in [0.15, 0.2) is 12.2 Å². The molecule has 0 unspecified atom stereocenters. The first kappa shape index (κ1) is 7.84. The fourth-order valence-electron chi connectivity index (χ4n) is 0.881. The van der Waals surface area contributed by atoms with Crippen LogP contribution in [0.25, 0.3) is 0 Å². The quantitative estimate of drug-likeness (QED) is 0.444. The molecule has 2 nitrogen and oxygen atoms in total. The first-order valence-corrected chi connectivity index (χ1v) is 4.25. The molecule has 0 amide bonds. The molecule has 12 heavy (non-hydrogen) atoms. The van der Waals surface area contributed by atoms with Gasteiger partial charge in [0.2, 0.25) is 0 Å². The summed E-state index contributed by atoms with van der Waals surface area (Å²) in [6, 6.07) is 0. The van der Waals surface area contributed by atoms with Crippen LogP contribution in [0.3, 0.4) is 0 Å². The third-order valence-electron chi connectivity index (χ3n) is 1.70. The lowest BCUT2D eigenvalue weighted by Gasteiger charge is -2.19. The predicted octanol–water partition coefficient (Wildman–Crippen LogP) is 2.29. The Hall–Kier alpha value is -0.790. The van der Waals surface area contributed by atoms with Gasteiger partial charge in [0, 0.05) is 0 Å². The number of esters is 1. The maximum absolute atomic E-state index is 11.4. The standard InChI is InChI=1S/C10H16O2/c1-10(2,3)9(11)12-8-6-4-5-7-8/h4,6,8H,5,7H2,1-3H3/t8-/m0/s1/i8D. The second-order valence-corrected chi connectivity index (χ2v) is 4.05. The number of carbonyl (C=O) groups excluding carboxylic acids is 1. The van der Waals surface area contributed by atoms with Crippen LogP contribution in [0, 0.1) is 5.41 Å². The zero-order chi connectivity index (χ0) is 10.1. The maximum Gasteiger partial charge on any atom is 0.311 e. The van der Waals surface area contributed by atoms with E-state index in [1.807, 2.05) is 6.08 Å². The summed E-state index contributed by atoms with van der Waals surface area (Å²) in [5.74, 6) is -0.311. The smallest absolute Gasteiger partial charge is 0.311 e. The SMILES string of the molecule is [2H][C@]1(OC(=O)C(C)(C)C)C=CCC1. The molecule has 0 radical (unpaired) electrons. The van der Waals surface area contributed by atoms with E-state index in [2.05, 4.69) is 0 Å². The molecular weight excluding hydrogens is 152 g/mol. The van der Waals surface area contributed by atoms with Crippen molar-refractivity contribution in [2.45, 2.75) is 39.7 Å². The lowest BCUT2D eigenvalue weighted by Crippen LogP contribution is -2.26. The molecule has 0 heterocycles. The second kappa shape index (κ2) is 3.30. The average Bonchev–Trinajstić information content (AvgIpc) is 2.33. The van der Waals surface area contributed by atoms with Crippen molar-refractivity contribution in [2.24, 2.45) is 5.41 Å². The van der Waals surface area contributed by atoms with Gasteiger partial charge in [-0.15, -0.1) is 0 Å². The van der Waals surface area contributed by atoms with Crippen LogP contribution in [-0.4, -0.2) is 12.0 Å². The van der Waals surface area contributed by atoms with Crippen molar-refractivity contribution in [2.75, 3.05) is 0 Å². The number of rotatable bonds is 1. The molecule has 1 atom stereocenters. The van der Waals surface area contributed by atoms with Crippen molar-refractivity contribution < 1.29 is 10.9 Å². The summed E-state index contributed by atoms with van der Waals surface area (Å²) < 4.78 is 12.9. The Kier molecular flexibility index (Phi) is 2.15. The normalized spacial score (nSPS) is 30.1. The highest BCUT2D eigenvalue weighted by molar-refractivity contribution is 5.75. The van der Waals surface area contributed by atoms with E-state index in [-0.39, 0.29) is 5.97 Å². The van der Waals surface area contributed by atoms with Crippen LogP contribution >= 0.6 is 0 Å². The van der Waals surface area contributed by atoms with E-state index in [1.165, 1.54) is 0 Å². The van der Waals surface area contributed by atoms with Gasteiger partial charge in [-0.25, -0.2) is 0 Å². The van der Waals surface area contributed by atoms with E-state index in [1.54, 1.807) is 26.8 Å². The highest BCUT2D eigenvalue weighted by Gasteiger charge is 2.25. The summed E-state index contributed by atoms with van der Waals surface area (Å²) in [7, 11) is 0. The Morgan fingerprint density at radius 1 is 1.67 bits per heavy atom. The molecule has 2 heteroatoms. The molecule has 0 aromatic heterocycles. The average molecular weight is 169 g/mol. The number of carbonyl (C=O) groups is 1. The molecule has 0 aromatic carbocycles. The lowest BCUT2D eigenvalue weighted by atomic mass is 9.97. The number of hydrogen-bond donors (Lipinski definition) is 0. The molecule has 68 valence electrons. The van der Waals surface area contributed by atoms with Gasteiger partial charge in [0.05, 0.1) is 6.79 Å². The first-order chi connectivity index (χ1) is 5.83. The largest absolute Gasteiger partial charge is 0.458 e. The Labute approximate surface area is 75.0 Å². The van der Waals surface area contributed by atoms with Gasteiger partial charge < -0.3 is 4.74 Å². The van der Waals surface area contributed by atoms with Gasteiger partial charge in [-0.3, -0.25) is 4.79 Å². The molecule has 1 rings (SSSR count). The fourth-order valence-corrected chi connectivity index (χ4v) is 0.881. The van der Waals surface area contributed by atoms with Crippen LogP contribution in [0.5, 0.6) is 0 Å². The fraction of sp³-hybridized carbons (Fsp3) is 0.700. The van der Waals surface area contributed by atoms with Crippen molar-refractivity contribution in [1.29, 1.82) is 0 Å². The molecule has 0 N–H and O–H groups in total. The van der Waals surface area contributed by atoms with Crippen molar-refractivity contribution in [1.82, 2.24) is 0 Å². The highest BCUT2D eigenvalue weighted by atomic mass is 16.5. The minimum absolute atomic E-state index is 0.311. The molecule has 0 saturated carbocycles. The molecule has 0 aromatic rings. The van der Waals surface area contributed by atoms with Gasteiger partial charge in [0.25, 0.3) is 0 Å². The topological polar surface area (TPSA) is 26.3 Å². The number of hydrogen-bond acceptors (Lipinski definition) is 2. The molecule has 0 bridgehead atoms. The zero-order valence-corrected chi connectivity index (χ0v) is 7.89. The van der Waals surface area contributed by atoms with Crippen LogP contribution in [0.4, 0.5) is 0 Å². The minimum atomic E-state index is -1.11. The van der Waals surface area contributed by atoms with E-state index in [4.69, 9.17) is 6.11 Å². The van der Waals surface area contributed by atoms with Crippen molar-refractivity contribution in [3.63, 3.8) is 0 Å². The Balaban J connectivity index is 2.59. The van der Waals surface area contributed by atoms with Gasteiger partial charge in [0.1, 0.15) is 6.08 Å². The molecule has 0 fully saturated rings. The summed E-state index contributed by atoms with van der Waals surface area (Å²) in [6.07, 6.45) is 3.82. The highest BCUT2D eigenvalue weighted by Crippen LogP contribution is 2.20. The number of allylic oxidation sites excluding steroid dienone is 1. The third kappa shape index (κ3) is 2.36. The second-order valence-electron chi connectivity index (χ2n) is 4.05. The monoisotopic (exact) mass is 169 g/mol. The van der Waals surface area contributed by atoms with Gasteiger partial charge in [-0.05, 0) is 39.7 Å². The summed E-state index contributed by atoms with van der Waals surface area (Å²) in [5.41, 5.74) is -0.523. The summed E-state index contributed by atoms with van der Waals surface area (Å²) >= 11 is 0. The van der Waals surface area contributed by atoms with Gasteiger partial charge >= 0.3 is 5.97 Å². The zero-order valence-electron chi connectivity index (χ0n) is 8.89. The molecule has 0 saturated heterocycles. The summed E-state index contributed by atoms with van der Waals surface area (Å²) in [6.45, 7) is 5.37. The van der Waals surface area contributed by atoms with E-state index in [0.717, 1.165) is 6.42 Å². The van der Waals surface area contributed by atoms with Crippen LogP contribution in [0.1, 0.15) is 35.0 Å². The summed E-state index contributed by atoms with van der Waals surface area (Å²) in [4.78, 5) is 11.4. The molecule has 0 aliphatic heterocycles. The lowest BCUT2D eigenvalue weighted by molar-refractivity contribution is -0.156. The predicted molar refractivity (Wildman–Crippen MR) is 47.7 cm³/mol. The van der Waals surface area contributed by atoms with Crippen LogP contribution in [0.2, 0.25) is 0 Å². The van der Waals surface area contributed by atoms with E-state index >= 15 is 0 Å². The third-order valence-corrected chi connectivity index (χ3v) is 1.70. The van der Waals surface area contributed by atoms with Gasteiger partial charge in [-0.1, -0.05) is 6.08 Å². The maximum atomic E-state index is 11.4. The first-order valence-electron chi connectivity index (χ1n) is 4.75. The molecule has 1 aliphatic carbocycles. The van der Waals surface area contributed by atoms with E-state index in [0.29, 0.717) is 6.42 Å². The Morgan fingerprint density at radius 2 is 2.33 bits per heavy atom. The molecule has 0 spiro atoms.